The van der Waals surface area contributed by atoms with Gasteiger partial charge in [0.1, 0.15) is 18.0 Å². The molecule has 35 heavy (non-hydrogen) atoms. The number of likely N-dealkylation sites (tertiary alicyclic amines) is 2. The van der Waals surface area contributed by atoms with Crippen molar-refractivity contribution in [3.8, 4) is 11.1 Å². The van der Waals surface area contributed by atoms with Crippen molar-refractivity contribution >= 4 is 45.0 Å². The van der Waals surface area contributed by atoms with E-state index >= 15 is 0 Å². The standard InChI is InChI=1S/C25H25ClFN3O4S/c1-24(2,3)34-23(33)30-9-7-25(30)13-29(14-25)20(31)11-28-8-6-19-21(22(28)32)16(12-35-19)15-4-5-18(27)17(26)10-15/h4-6,8,10,12H,7,9,11,13-14H2,1-3H3. The quantitative estimate of drug-likeness (QED) is 0.503. The van der Waals surface area contributed by atoms with Gasteiger partial charge in [-0.15, -0.1) is 11.3 Å². The van der Waals surface area contributed by atoms with Crippen molar-refractivity contribution in [3.05, 3.63) is 57.0 Å². The van der Waals surface area contributed by atoms with Crippen molar-refractivity contribution in [2.24, 2.45) is 0 Å². The van der Waals surface area contributed by atoms with Gasteiger partial charge in [-0.25, -0.2) is 9.18 Å². The molecule has 7 nitrogen and oxygen atoms in total. The first-order valence-corrected chi connectivity index (χ1v) is 12.6. The van der Waals surface area contributed by atoms with Crippen LogP contribution in [0.4, 0.5) is 9.18 Å². The van der Waals surface area contributed by atoms with Crippen LogP contribution in [0.25, 0.3) is 21.2 Å². The van der Waals surface area contributed by atoms with Crippen LogP contribution in [0.1, 0.15) is 27.2 Å². The Kier molecular flexibility index (Phi) is 5.68. The molecule has 2 aliphatic rings. The lowest BCUT2D eigenvalue weighted by molar-refractivity contribution is -0.158. The Morgan fingerprint density at radius 2 is 1.97 bits per heavy atom. The number of nitrogens with zero attached hydrogens (tertiary/aromatic N) is 3. The molecule has 1 aromatic carbocycles. The van der Waals surface area contributed by atoms with E-state index in [1.54, 1.807) is 28.1 Å². The smallest absolute Gasteiger partial charge is 0.410 e. The Balaban J connectivity index is 1.31. The summed E-state index contributed by atoms with van der Waals surface area (Å²) in [4.78, 5) is 42.1. The number of fused-ring (bicyclic) bond motifs is 1. The van der Waals surface area contributed by atoms with Crippen LogP contribution in [-0.2, 0) is 16.1 Å². The highest BCUT2D eigenvalue weighted by Crippen LogP contribution is 2.40. The topological polar surface area (TPSA) is 71.8 Å². The molecule has 2 aliphatic heterocycles. The number of benzene rings is 1. The number of carbonyl (C=O) groups excluding carboxylic acids is 2. The molecule has 3 aromatic rings. The van der Waals surface area contributed by atoms with Gasteiger partial charge in [0, 0.05) is 41.5 Å². The van der Waals surface area contributed by atoms with E-state index in [1.165, 1.54) is 28.0 Å². The van der Waals surface area contributed by atoms with Gasteiger partial charge in [-0.3, -0.25) is 14.5 Å². The number of aromatic nitrogens is 1. The second kappa shape index (κ2) is 8.34. The molecule has 10 heteroatoms. The molecule has 0 bridgehead atoms. The number of rotatable bonds is 3. The summed E-state index contributed by atoms with van der Waals surface area (Å²) in [6, 6.07) is 6.15. The zero-order valence-corrected chi connectivity index (χ0v) is 21.2. The van der Waals surface area contributed by atoms with Gasteiger partial charge in [0.05, 0.1) is 15.9 Å². The Morgan fingerprint density at radius 1 is 1.23 bits per heavy atom. The Morgan fingerprint density at radius 3 is 2.60 bits per heavy atom. The first-order chi connectivity index (χ1) is 16.5. The maximum Gasteiger partial charge on any atom is 0.410 e. The van der Waals surface area contributed by atoms with Gasteiger partial charge in [-0.1, -0.05) is 17.7 Å². The molecule has 4 heterocycles. The van der Waals surface area contributed by atoms with E-state index in [0.717, 1.165) is 11.1 Å². The monoisotopic (exact) mass is 517 g/mol. The molecule has 2 saturated heterocycles. The van der Waals surface area contributed by atoms with Crippen molar-refractivity contribution < 1.29 is 18.7 Å². The zero-order valence-electron chi connectivity index (χ0n) is 19.6. The fourth-order valence-corrected chi connectivity index (χ4v) is 5.78. The zero-order chi connectivity index (χ0) is 25.1. The Labute approximate surface area is 210 Å². The van der Waals surface area contributed by atoms with Crippen molar-refractivity contribution in [1.82, 2.24) is 14.4 Å². The fraction of sp³-hybridized carbons (Fsp3) is 0.400. The van der Waals surface area contributed by atoms with E-state index in [-0.39, 0.29) is 34.7 Å². The first-order valence-electron chi connectivity index (χ1n) is 11.3. The first kappa shape index (κ1) is 23.8. The fourth-order valence-electron chi connectivity index (χ4n) is 4.64. The molecule has 0 N–H and O–H groups in total. The van der Waals surface area contributed by atoms with Crippen LogP contribution in [0.2, 0.25) is 5.02 Å². The highest BCUT2D eigenvalue weighted by atomic mass is 35.5. The minimum atomic E-state index is -0.577. The summed E-state index contributed by atoms with van der Waals surface area (Å²) in [5, 5.41) is 2.29. The summed E-state index contributed by atoms with van der Waals surface area (Å²) in [5.41, 5.74) is 0.0636. The summed E-state index contributed by atoms with van der Waals surface area (Å²) < 4.78 is 21.3. The minimum Gasteiger partial charge on any atom is -0.444 e. The third-order valence-electron chi connectivity index (χ3n) is 6.55. The van der Waals surface area contributed by atoms with Crippen LogP contribution in [0.3, 0.4) is 0 Å². The second-order valence-corrected chi connectivity index (χ2v) is 11.4. The van der Waals surface area contributed by atoms with Crippen LogP contribution < -0.4 is 5.56 Å². The lowest BCUT2D eigenvalue weighted by Gasteiger charge is -2.61. The largest absolute Gasteiger partial charge is 0.444 e. The van der Waals surface area contributed by atoms with E-state index in [9.17, 15) is 18.8 Å². The van der Waals surface area contributed by atoms with Crippen LogP contribution in [0.5, 0.6) is 0 Å². The molecule has 5 rings (SSSR count). The van der Waals surface area contributed by atoms with E-state index in [2.05, 4.69) is 0 Å². The number of halogens is 2. The van der Waals surface area contributed by atoms with E-state index in [1.807, 2.05) is 26.2 Å². The summed E-state index contributed by atoms with van der Waals surface area (Å²) in [5.74, 6) is -0.711. The average molecular weight is 518 g/mol. The van der Waals surface area contributed by atoms with Gasteiger partial charge in [-0.2, -0.15) is 0 Å². The Hall–Kier alpha value is -2.91. The van der Waals surface area contributed by atoms with Gasteiger partial charge in [-0.05, 0) is 51.0 Å². The molecular formula is C25H25ClFN3O4S. The Bertz CT molecular complexity index is 1400. The third kappa shape index (κ3) is 4.21. The highest BCUT2D eigenvalue weighted by molar-refractivity contribution is 7.17. The van der Waals surface area contributed by atoms with Gasteiger partial charge in [0.2, 0.25) is 5.91 Å². The van der Waals surface area contributed by atoms with Gasteiger partial charge >= 0.3 is 6.09 Å². The molecule has 184 valence electrons. The number of thiophene rings is 1. The van der Waals surface area contributed by atoms with Crippen molar-refractivity contribution in [1.29, 1.82) is 0 Å². The maximum atomic E-state index is 13.6. The number of amides is 2. The van der Waals surface area contributed by atoms with Gasteiger partial charge in [0.25, 0.3) is 5.56 Å². The molecule has 0 unspecified atom stereocenters. The summed E-state index contributed by atoms with van der Waals surface area (Å²) in [6.07, 6.45) is 2.08. The third-order valence-corrected chi connectivity index (χ3v) is 7.78. The van der Waals surface area contributed by atoms with E-state index in [0.29, 0.717) is 36.1 Å². The molecule has 2 amide bonds. The van der Waals surface area contributed by atoms with Crippen LogP contribution in [-0.4, -0.2) is 57.1 Å². The molecule has 2 aromatic heterocycles. The number of ether oxygens (including phenoxy) is 1. The van der Waals surface area contributed by atoms with Crippen LogP contribution >= 0.6 is 22.9 Å². The van der Waals surface area contributed by atoms with Gasteiger partial charge in [0.15, 0.2) is 0 Å². The molecule has 2 fully saturated rings. The highest BCUT2D eigenvalue weighted by Gasteiger charge is 2.57. The predicted octanol–water partition coefficient (Wildman–Crippen LogP) is 4.74. The van der Waals surface area contributed by atoms with Crippen molar-refractivity contribution in [2.75, 3.05) is 19.6 Å². The lowest BCUT2D eigenvalue weighted by atomic mass is 9.77. The number of pyridine rings is 1. The normalized spacial score (nSPS) is 16.8. The summed E-state index contributed by atoms with van der Waals surface area (Å²) in [6.45, 7) is 6.85. The molecule has 0 radical (unpaired) electrons. The number of carbonyl (C=O) groups is 2. The second-order valence-electron chi connectivity index (χ2n) is 10.1. The molecule has 1 spiro atoms. The van der Waals surface area contributed by atoms with E-state index in [4.69, 9.17) is 16.3 Å². The minimum absolute atomic E-state index is 0.0172. The summed E-state index contributed by atoms with van der Waals surface area (Å²) >= 11 is 7.35. The molecule has 0 aliphatic carbocycles. The molecule has 0 atom stereocenters. The summed E-state index contributed by atoms with van der Waals surface area (Å²) in [7, 11) is 0. The maximum absolute atomic E-state index is 13.6. The van der Waals surface area contributed by atoms with Crippen molar-refractivity contribution in [2.45, 2.75) is 44.9 Å². The van der Waals surface area contributed by atoms with Crippen molar-refractivity contribution in [3.63, 3.8) is 0 Å². The number of hydrogen-bond donors (Lipinski definition) is 0. The molecule has 0 saturated carbocycles. The average Bonchev–Trinajstić information content (AvgIpc) is 3.14. The predicted molar refractivity (Wildman–Crippen MR) is 133 cm³/mol. The number of hydrogen-bond acceptors (Lipinski definition) is 5. The molecular weight excluding hydrogens is 493 g/mol. The SMILES string of the molecule is CC(C)(C)OC(=O)N1CCC12CN(C(=O)Cn1ccc3scc(-c4ccc(F)c(Cl)c4)c3c1=O)C2. The van der Waals surface area contributed by atoms with Gasteiger partial charge < -0.3 is 14.2 Å². The van der Waals surface area contributed by atoms with Crippen LogP contribution in [0.15, 0.2) is 40.6 Å². The van der Waals surface area contributed by atoms with E-state index < -0.39 is 11.4 Å². The van der Waals surface area contributed by atoms with Crippen LogP contribution in [0, 0.1) is 5.82 Å². The lowest BCUT2D eigenvalue weighted by Crippen LogP contribution is -2.78.